The zero-order chi connectivity index (χ0) is 18.4. The van der Waals surface area contributed by atoms with Crippen LogP contribution in [-0.4, -0.2) is 26.3 Å². The topological polar surface area (TPSA) is 78.7 Å². The highest BCUT2D eigenvalue weighted by molar-refractivity contribution is 14.0. The van der Waals surface area contributed by atoms with Crippen molar-refractivity contribution in [3.05, 3.63) is 58.9 Å². The number of fused-ring (bicyclic) bond motifs is 1. The number of ether oxygens (including phenoxy) is 2. The maximum atomic E-state index is 13.8. The van der Waals surface area contributed by atoms with E-state index < -0.39 is 0 Å². The van der Waals surface area contributed by atoms with Crippen molar-refractivity contribution in [2.45, 2.75) is 13.0 Å². The van der Waals surface area contributed by atoms with Gasteiger partial charge in [-0.25, -0.2) is 4.39 Å². The number of hydrogen-bond acceptors (Lipinski definition) is 4. The van der Waals surface area contributed by atoms with Crippen LogP contribution in [-0.2, 0) is 13.0 Å². The molecule has 142 valence electrons. The van der Waals surface area contributed by atoms with E-state index in [0.29, 0.717) is 23.6 Å². The van der Waals surface area contributed by atoms with E-state index in [9.17, 15) is 4.39 Å². The van der Waals surface area contributed by atoms with Crippen molar-refractivity contribution in [2.75, 3.05) is 20.4 Å². The van der Waals surface area contributed by atoms with Gasteiger partial charge in [-0.15, -0.1) is 24.0 Å². The highest BCUT2D eigenvalue weighted by Crippen LogP contribution is 2.32. The Balaban J connectivity index is 0.00000261. The van der Waals surface area contributed by atoms with Crippen LogP contribution in [0.2, 0.25) is 0 Å². The lowest BCUT2D eigenvalue weighted by molar-refractivity contribution is 0.174. The van der Waals surface area contributed by atoms with E-state index in [-0.39, 0.29) is 43.1 Å². The number of nitriles is 1. The van der Waals surface area contributed by atoms with Crippen molar-refractivity contribution in [1.82, 2.24) is 10.6 Å². The third-order valence-corrected chi connectivity index (χ3v) is 3.99. The van der Waals surface area contributed by atoms with Gasteiger partial charge in [0.2, 0.25) is 6.79 Å². The van der Waals surface area contributed by atoms with E-state index in [1.54, 1.807) is 7.05 Å². The Morgan fingerprint density at radius 3 is 2.78 bits per heavy atom. The average molecular weight is 482 g/mol. The first-order chi connectivity index (χ1) is 12.7. The smallest absolute Gasteiger partial charge is 0.231 e. The van der Waals surface area contributed by atoms with Gasteiger partial charge in [0.05, 0.1) is 11.6 Å². The molecule has 1 heterocycles. The van der Waals surface area contributed by atoms with Crippen LogP contribution in [0.4, 0.5) is 4.39 Å². The van der Waals surface area contributed by atoms with Crippen molar-refractivity contribution >= 4 is 29.9 Å². The number of hydrogen-bond donors (Lipinski definition) is 2. The minimum absolute atomic E-state index is 0. The SMILES string of the molecule is CN=C(NCCc1ccc2c(c1)OCO2)NCc1cc(C#N)ccc1F.I. The fourth-order valence-corrected chi connectivity index (χ4v) is 2.60. The molecule has 0 spiro atoms. The van der Waals surface area contributed by atoms with Crippen molar-refractivity contribution in [3.63, 3.8) is 0 Å². The average Bonchev–Trinajstić information content (AvgIpc) is 3.13. The highest BCUT2D eigenvalue weighted by atomic mass is 127. The summed E-state index contributed by atoms with van der Waals surface area (Å²) in [5, 5.41) is 15.1. The molecule has 8 heteroatoms. The molecule has 27 heavy (non-hydrogen) atoms. The second-order valence-electron chi connectivity index (χ2n) is 5.71. The van der Waals surface area contributed by atoms with Gasteiger partial charge in [-0.2, -0.15) is 5.26 Å². The molecule has 2 aromatic rings. The van der Waals surface area contributed by atoms with Crippen LogP contribution in [0.25, 0.3) is 0 Å². The molecular weight excluding hydrogens is 462 g/mol. The van der Waals surface area contributed by atoms with Gasteiger partial charge in [0.25, 0.3) is 0 Å². The lowest BCUT2D eigenvalue weighted by atomic mass is 10.1. The van der Waals surface area contributed by atoms with Crippen molar-refractivity contribution < 1.29 is 13.9 Å². The van der Waals surface area contributed by atoms with E-state index in [4.69, 9.17) is 14.7 Å². The largest absolute Gasteiger partial charge is 0.454 e. The summed E-state index contributed by atoms with van der Waals surface area (Å²) < 4.78 is 24.5. The number of nitrogens with zero attached hydrogens (tertiary/aromatic N) is 2. The van der Waals surface area contributed by atoms with Gasteiger partial charge in [-0.1, -0.05) is 6.07 Å². The summed E-state index contributed by atoms with van der Waals surface area (Å²) in [5.41, 5.74) is 1.96. The van der Waals surface area contributed by atoms with Crippen LogP contribution in [0, 0.1) is 17.1 Å². The molecule has 3 rings (SSSR count). The van der Waals surface area contributed by atoms with Crippen molar-refractivity contribution in [1.29, 1.82) is 5.26 Å². The monoisotopic (exact) mass is 482 g/mol. The van der Waals surface area contributed by atoms with E-state index in [1.165, 1.54) is 18.2 Å². The molecule has 0 saturated heterocycles. The molecule has 2 N–H and O–H groups in total. The second-order valence-corrected chi connectivity index (χ2v) is 5.71. The summed E-state index contributed by atoms with van der Waals surface area (Å²) in [4.78, 5) is 4.13. The molecule has 0 aliphatic carbocycles. The van der Waals surface area contributed by atoms with E-state index in [2.05, 4.69) is 15.6 Å². The molecule has 0 amide bonds. The molecule has 0 aromatic heterocycles. The number of guanidine groups is 1. The summed E-state index contributed by atoms with van der Waals surface area (Å²) in [6.45, 7) is 1.16. The van der Waals surface area contributed by atoms with Gasteiger partial charge in [0.1, 0.15) is 5.82 Å². The molecule has 0 saturated carbocycles. The summed E-state index contributed by atoms with van der Waals surface area (Å²) in [5.74, 6) is 1.73. The third-order valence-electron chi connectivity index (χ3n) is 3.99. The first-order valence-electron chi connectivity index (χ1n) is 8.21. The van der Waals surface area contributed by atoms with Crippen LogP contribution >= 0.6 is 24.0 Å². The Hall–Kier alpha value is -2.54. The number of benzene rings is 2. The molecule has 1 aliphatic rings. The number of aliphatic imine (C=N–C) groups is 1. The minimum Gasteiger partial charge on any atom is -0.454 e. The Morgan fingerprint density at radius 2 is 2.00 bits per heavy atom. The van der Waals surface area contributed by atoms with Gasteiger partial charge in [0.15, 0.2) is 17.5 Å². The van der Waals surface area contributed by atoms with Gasteiger partial charge in [0, 0.05) is 25.7 Å². The zero-order valence-electron chi connectivity index (χ0n) is 14.8. The minimum atomic E-state index is -0.354. The fraction of sp³-hybridized carbons (Fsp3) is 0.263. The van der Waals surface area contributed by atoms with Crippen molar-refractivity contribution in [2.24, 2.45) is 4.99 Å². The van der Waals surface area contributed by atoms with Crippen molar-refractivity contribution in [3.8, 4) is 17.6 Å². The molecular formula is C19H20FIN4O2. The van der Waals surface area contributed by atoms with E-state index in [0.717, 1.165) is 23.5 Å². The summed E-state index contributed by atoms with van der Waals surface area (Å²) in [7, 11) is 1.65. The molecule has 1 aliphatic heterocycles. The van der Waals surface area contributed by atoms with Gasteiger partial charge < -0.3 is 20.1 Å². The van der Waals surface area contributed by atoms with Crippen LogP contribution in [0.5, 0.6) is 11.5 Å². The Bertz CT molecular complexity index is 867. The van der Waals surface area contributed by atoms with E-state index in [1.807, 2.05) is 24.3 Å². The standard InChI is InChI=1S/C19H19FN4O2.HI/c1-22-19(24-11-15-8-14(10-21)2-4-16(15)20)23-7-6-13-3-5-17-18(9-13)26-12-25-17;/h2-5,8-9H,6-7,11-12H2,1H3,(H2,22,23,24);1H. The first-order valence-corrected chi connectivity index (χ1v) is 8.21. The molecule has 0 atom stereocenters. The van der Waals surface area contributed by atoms with Crippen LogP contribution < -0.4 is 20.1 Å². The maximum Gasteiger partial charge on any atom is 0.231 e. The Morgan fingerprint density at radius 1 is 1.19 bits per heavy atom. The molecule has 2 aromatic carbocycles. The predicted octanol–water partition coefficient (Wildman–Crippen LogP) is 2.95. The van der Waals surface area contributed by atoms with Crippen LogP contribution in [0.1, 0.15) is 16.7 Å². The molecule has 0 radical (unpaired) electrons. The Labute approximate surface area is 174 Å². The number of nitrogens with one attached hydrogen (secondary N) is 2. The van der Waals surface area contributed by atoms with Crippen LogP contribution in [0.3, 0.4) is 0 Å². The predicted molar refractivity (Wildman–Crippen MR) is 111 cm³/mol. The number of halogens is 2. The summed E-state index contributed by atoms with van der Waals surface area (Å²) >= 11 is 0. The quantitative estimate of drug-likeness (QED) is 0.390. The normalized spacial score (nSPS) is 12.1. The molecule has 6 nitrogen and oxygen atoms in total. The van der Waals surface area contributed by atoms with E-state index >= 15 is 0 Å². The molecule has 0 fully saturated rings. The summed E-state index contributed by atoms with van der Waals surface area (Å²) in [6.07, 6.45) is 0.773. The third kappa shape index (κ3) is 5.47. The number of rotatable bonds is 5. The van der Waals surface area contributed by atoms with Gasteiger partial charge in [-0.3, -0.25) is 4.99 Å². The molecule has 0 bridgehead atoms. The lowest BCUT2D eigenvalue weighted by Crippen LogP contribution is -2.38. The van der Waals surface area contributed by atoms with Gasteiger partial charge in [-0.05, 0) is 42.3 Å². The second kappa shape index (κ2) is 9.97. The zero-order valence-corrected chi connectivity index (χ0v) is 17.1. The lowest BCUT2D eigenvalue weighted by Gasteiger charge is -2.12. The summed E-state index contributed by atoms with van der Waals surface area (Å²) in [6, 6.07) is 12.1. The maximum absolute atomic E-state index is 13.8. The Kier molecular flexibility index (Phi) is 7.67. The van der Waals surface area contributed by atoms with Crippen LogP contribution in [0.15, 0.2) is 41.4 Å². The molecule has 0 unspecified atom stereocenters. The highest BCUT2D eigenvalue weighted by Gasteiger charge is 2.13. The fourth-order valence-electron chi connectivity index (χ4n) is 2.60. The van der Waals surface area contributed by atoms with Gasteiger partial charge >= 0.3 is 0 Å². The first kappa shape index (κ1) is 20.8.